The summed E-state index contributed by atoms with van der Waals surface area (Å²) in [4.78, 5) is 0. The van der Waals surface area contributed by atoms with E-state index in [0.717, 1.165) is 18.8 Å². The summed E-state index contributed by atoms with van der Waals surface area (Å²) in [6.07, 6.45) is 15.9. The van der Waals surface area contributed by atoms with Gasteiger partial charge in [0.05, 0.1) is 6.10 Å². The van der Waals surface area contributed by atoms with Crippen LogP contribution in [0.5, 0.6) is 0 Å². The highest BCUT2D eigenvalue weighted by molar-refractivity contribution is 5.42. The highest BCUT2D eigenvalue weighted by Gasteiger charge is 2.61. The largest absolute Gasteiger partial charge is 0.396 e. The van der Waals surface area contributed by atoms with E-state index >= 15 is 0 Å². The maximum absolute atomic E-state index is 10.8. The van der Waals surface area contributed by atoms with Gasteiger partial charge in [-0.05, 0) is 103 Å². The van der Waals surface area contributed by atoms with E-state index in [1.807, 2.05) is 0 Å². The molecular weight excluding hydrogens is 368 g/mol. The average molecular weight is 413 g/mol. The van der Waals surface area contributed by atoms with Crippen LogP contribution in [0.15, 0.2) is 23.3 Å². The van der Waals surface area contributed by atoms with Crippen molar-refractivity contribution in [3.63, 3.8) is 0 Å². The molecule has 0 radical (unpaired) electrons. The quantitative estimate of drug-likeness (QED) is 0.532. The molecule has 2 nitrogen and oxygen atoms in total. The second-order valence-corrected chi connectivity index (χ2v) is 13.3. The molecule has 2 heteroatoms. The minimum atomic E-state index is -0.163. The van der Waals surface area contributed by atoms with Gasteiger partial charge in [-0.25, -0.2) is 0 Å². The molecule has 8 atom stereocenters. The van der Waals surface area contributed by atoms with Crippen molar-refractivity contribution < 1.29 is 10.2 Å². The Kier molecular flexibility index (Phi) is 4.75. The predicted molar refractivity (Wildman–Crippen MR) is 123 cm³/mol. The molecule has 2 N–H and O–H groups in total. The number of fused-ring (bicyclic) bond motifs is 7. The van der Waals surface area contributed by atoms with Gasteiger partial charge in [-0.15, -0.1) is 0 Å². The van der Waals surface area contributed by atoms with Crippen LogP contribution in [0.4, 0.5) is 0 Å². The van der Waals surface area contributed by atoms with Crippen molar-refractivity contribution in [3.8, 4) is 0 Å². The van der Waals surface area contributed by atoms with Crippen molar-refractivity contribution in [2.24, 2.45) is 45.3 Å². The number of hydrogen-bond donors (Lipinski definition) is 2. The van der Waals surface area contributed by atoms with E-state index in [1.165, 1.54) is 44.9 Å². The fraction of sp³-hybridized carbons (Fsp3) is 0.857. The van der Waals surface area contributed by atoms with E-state index < -0.39 is 0 Å². The van der Waals surface area contributed by atoms with Crippen molar-refractivity contribution in [1.29, 1.82) is 0 Å². The molecule has 30 heavy (non-hydrogen) atoms. The first kappa shape index (κ1) is 21.3. The number of rotatable bonds is 1. The standard InChI is InChI=1S/C28H44O2/c1-25(2)22-11-14-27(4)21-8-6-18-10-13-26(3,17-29)16-20(18)19(21)7-9-23(27)28(22,5)15-12-24(25)30/h7,9,18,20-22,24,29-30H,6,8,10-17H2,1-5H3/t18?,20?,21?,22?,24?,26-,27+,28+/m1/s1. The monoisotopic (exact) mass is 412 g/mol. The first-order valence-electron chi connectivity index (χ1n) is 12.8. The second-order valence-electron chi connectivity index (χ2n) is 13.3. The SMILES string of the molecule is CC1(C)C(O)CC[C@]2(C)C3=CC=C4C5C[C@](C)(CO)CCC5CCC4[C@]3(C)CCC12. The molecule has 0 saturated heterocycles. The average Bonchev–Trinajstić information content (AvgIpc) is 2.70. The van der Waals surface area contributed by atoms with Crippen LogP contribution in [0, 0.1) is 45.3 Å². The maximum Gasteiger partial charge on any atom is 0.0594 e. The summed E-state index contributed by atoms with van der Waals surface area (Å²) in [6.45, 7) is 12.4. The van der Waals surface area contributed by atoms with Gasteiger partial charge in [0, 0.05) is 6.61 Å². The predicted octanol–water partition coefficient (Wildman–Crippen LogP) is 6.28. The first-order valence-corrected chi connectivity index (χ1v) is 12.8. The molecule has 0 aliphatic heterocycles. The zero-order valence-corrected chi connectivity index (χ0v) is 20.0. The van der Waals surface area contributed by atoms with Gasteiger partial charge >= 0.3 is 0 Å². The summed E-state index contributed by atoms with van der Waals surface area (Å²) in [5, 5.41) is 20.8. The Hall–Kier alpha value is -0.600. The highest BCUT2D eigenvalue weighted by Crippen LogP contribution is 2.69. The Morgan fingerprint density at radius 1 is 0.867 bits per heavy atom. The van der Waals surface area contributed by atoms with Gasteiger partial charge < -0.3 is 10.2 Å². The van der Waals surface area contributed by atoms with E-state index in [-0.39, 0.29) is 27.8 Å². The molecule has 0 amide bonds. The van der Waals surface area contributed by atoms with Crippen LogP contribution in [0.25, 0.3) is 0 Å². The maximum atomic E-state index is 10.8. The molecule has 0 bridgehead atoms. The lowest BCUT2D eigenvalue weighted by atomic mass is 9.40. The van der Waals surface area contributed by atoms with Crippen molar-refractivity contribution in [2.75, 3.05) is 6.61 Å². The van der Waals surface area contributed by atoms with Crippen LogP contribution in [-0.2, 0) is 0 Å². The van der Waals surface area contributed by atoms with Crippen LogP contribution in [0.1, 0.15) is 92.4 Å². The third kappa shape index (κ3) is 2.75. The summed E-state index contributed by atoms with van der Waals surface area (Å²) >= 11 is 0. The van der Waals surface area contributed by atoms with Gasteiger partial charge in [-0.3, -0.25) is 0 Å². The topological polar surface area (TPSA) is 40.5 Å². The fourth-order valence-corrected chi connectivity index (χ4v) is 9.35. The smallest absolute Gasteiger partial charge is 0.0594 e. The lowest BCUT2D eigenvalue weighted by molar-refractivity contribution is -0.112. The molecular formula is C28H44O2. The van der Waals surface area contributed by atoms with Gasteiger partial charge in [0.1, 0.15) is 0 Å². The van der Waals surface area contributed by atoms with Crippen LogP contribution in [-0.4, -0.2) is 22.9 Å². The summed E-state index contributed by atoms with van der Waals surface area (Å²) in [5.41, 5.74) is 4.06. The van der Waals surface area contributed by atoms with Gasteiger partial charge in [0.25, 0.3) is 0 Å². The Bertz CT molecular complexity index is 778. The number of hydrogen-bond acceptors (Lipinski definition) is 2. The molecule has 5 aliphatic carbocycles. The Morgan fingerprint density at radius 2 is 1.60 bits per heavy atom. The van der Waals surface area contributed by atoms with Gasteiger partial charge in [0.15, 0.2) is 0 Å². The van der Waals surface area contributed by atoms with Gasteiger partial charge in [-0.2, -0.15) is 0 Å². The molecule has 5 unspecified atom stereocenters. The van der Waals surface area contributed by atoms with Gasteiger partial charge in [-0.1, -0.05) is 57.9 Å². The highest BCUT2D eigenvalue weighted by atomic mass is 16.3. The molecule has 4 saturated carbocycles. The Morgan fingerprint density at radius 3 is 2.33 bits per heavy atom. The zero-order valence-electron chi connectivity index (χ0n) is 20.0. The van der Waals surface area contributed by atoms with E-state index in [0.29, 0.717) is 24.4 Å². The van der Waals surface area contributed by atoms with Crippen molar-refractivity contribution >= 4 is 0 Å². The number of aliphatic hydroxyl groups excluding tert-OH is 2. The Balaban J connectivity index is 1.55. The molecule has 4 fully saturated rings. The van der Waals surface area contributed by atoms with Gasteiger partial charge in [0.2, 0.25) is 0 Å². The van der Waals surface area contributed by atoms with Crippen LogP contribution in [0.2, 0.25) is 0 Å². The van der Waals surface area contributed by atoms with Crippen molar-refractivity contribution in [1.82, 2.24) is 0 Å². The molecule has 168 valence electrons. The summed E-state index contributed by atoms with van der Waals surface area (Å²) in [5.74, 6) is 2.78. The molecule has 0 aromatic carbocycles. The summed E-state index contributed by atoms with van der Waals surface area (Å²) in [6, 6.07) is 0. The first-order chi connectivity index (χ1) is 14.1. The Labute approximate surface area is 184 Å². The lowest BCUT2D eigenvalue weighted by Gasteiger charge is -2.64. The minimum absolute atomic E-state index is 0.00311. The second kappa shape index (κ2) is 6.70. The van der Waals surface area contributed by atoms with Crippen LogP contribution in [0.3, 0.4) is 0 Å². The molecule has 0 aromatic rings. The molecule has 0 heterocycles. The van der Waals surface area contributed by atoms with E-state index in [1.54, 1.807) is 11.1 Å². The molecule has 0 spiro atoms. The van der Waals surface area contributed by atoms with Crippen LogP contribution < -0.4 is 0 Å². The minimum Gasteiger partial charge on any atom is -0.396 e. The molecule has 5 rings (SSSR count). The van der Waals surface area contributed by atoms with Crippen LogP contribution >= 0.6 is 0 Å². The van der Waals surface area contributed by atoms with Crippen molar-refractivity contribution in [3.05, 3.63) is 23.3 Å². The number of aliphatic hydroxyl groups is 2. The normalized spacial score (nSPS) is 52.2. The van der Waals surface area contributed by atoms with Crippen molar-refractivity contribution in [2.45, 2.75) is 98.5 Å². The van der Waals surface area contributed by atoms with E-state index in [9.17, 15) is 10.2 Å². The van der Waals surface area contributed by atoms with E-state index in [2.05, 4.69) is 46.8 Å². The third-order valence-corrected chi connectivity index (χ3v) is 11.3. The lowest BCUT2D eigenvalue weighted by Crippen LogP contribution is -2.57. The zero-order chi connectivity index (χ0) is 21.5. The summed E-state index contributed by atoms with van der Waals surface area (Å²) < 4.78 is 0. The molecule has 5 aliphatic rings. The molecule has 0 aromatic heterocycles. The third-order valence-electron chi connectivity index (χ3n) is 11.3. The summed E-state index contributed by atoms with van der Waals surface area (Å²) in [7, 11) is 0. The van der Waals surface area contributed by atoms with E-state index in [4.69, 9.17) is 0 Å². The fourth-order valence-electron chi connectivity index (χ4n) is 9.35. The number of allylic oxidation sites excluding steroid dienone is 4.